The molecule has 2 N–H and O–H groups in total. The molecule has 146 valence electrons. The summed E-state index contributed by atoms with van der Waals surface area (Å²) in [5.41, 5.74) is 2.48. The number of aromatic nitrogens is 2. The Balaban J connectivity index is 1.43. The maximum atomic E-state index is 12.6. The molecular weight excluding hydrogens is 470 g/mol. The number of halogens is 1. The minimum atomic E-state index is -0.149. The number of hydrogen-bond acceptors (Lipinski definition) is 5. The van der Waals surface area contributed by atoms with E-state index in [1.165, 1.54) is 23.1 Å². The first-order valence-corrected chi connectivity index (χ1v) is 11.6. The van der Waals surface area contributed by atoms with Crippen LogP contribution < -0.4 is 10.9 Å². The smallest absolute Gasteiger partial charge is 0.260 e. The molecule has 1 amide bonds. The number of anilines is 1. The number of H-pyrrole nitrogens is 1. The second kappa shape index (κ2) is 8.94. The predicted octanol–water partition coefficient (Wildman–Crippen LogP) is 5.29. The van der Waals surface area contributed by atoms with Gasteiger partial charge in [-0.3, -0.25) is 9.59 Å². The van der Waals surface area contributed by atoms with Crippen molar-refractivity contribution in [3.05, 3.63) is 80.6 Å². The molecule has 2 aromatic heterocycles. The molecule has 2 aromatic carbocycles. The van der Waals surface area contributed by atoms with Gasteiger partial charge in [-0.25, -0.2) is 4.98 Å². The summed E-state index contributed by atoms with van der Waals surface area (Å²) < 4.78 is 0.906. The molecule has 0 atom stereocenters. The molecular formula is C21H16BrN3O2S2. The number of fused-ring (bicyclic) bond motifs is 1. The van der Waals surface area contributed by atoms with Gasteiger partial charge in [-0.05, 0) is 23.8 Å². The Bertz CT molecular complexity index is 1220. The maximum Gasteiger partial charge on any atom is 0.260 e. The fourth-order valence-corrected chi connectivity index (χ4v) is 4.95. The van der Waals surface area contributed by atoms with E-state index < -0.39 is 0 Å². The zero-order chi connectivity index (χ0) is 20.2. The second-order valence-corrected chi connectivity index (χ2v) is 9.02. The Morgan fingerprint density at radius 3 is 2.79 bits per heavy atom. The third kappa shape index (κ3) is 4.77. The summed E-state index contributed by atoms with van der Waals surface area (Å²) in [5.74, 6) is 1.20. The first-order chi connectivity index (χ1) is 14.1. The molecule has 0 saturated heterocycles. The third-order valence-electron chi connectivity index (χ3n) is 4.16. The number of aromatic amines is 1. The summed E-state index contributed by atoms with van der Waals surface area (Å²) in [6.07, 6.45) is 0. The largest absolute Gasteiger partial charge is 0.325 e. The zero-order valence-corrected chi connectivity index (χ0v) is 18.4. The quantitative estimate of drug-likeness (QED) is 0.389. The van der Waals surface area contributed by atoms with E-state index in [2.05, 4.69) is 31.2 Å². The van der Waals surface area contributed by atoms with Gasteiger partial charge in [-0.2, -0.15) is 0 Å². The summed E-state index contributed by atoms with van der Waals surface area (Å²) in [4.78, 5) is 32.9. The van der Waals surface area contributed by atoms with Crippen molar-refractivity contribution >= 4 is 60.8 Å². The number of amides is 1. The van der Waals surface area contributed by atoms with Gasteiger partial charge in [0.25, 0.3) is 5.56 Å². The van der Waals surface area contributed by atoms with Crippen molar-refractivity contribution in [1.82, 2.24) is 9.97 Å². The van der Waals surface area contributed by atoms with Gasteiger partial charge in [0, 0.05) is 21.1 Å². The average molecular weight is 486 g/mol. The number of thioether (sulfide) groups is 1. The molecule has 0 bridgehead atoms. The Hall–Kier alpha value is -2.42. The molecule has 0 aliphatic rings. The molecule has 0 aliphatic carbocycles. The molecule has 29 heavy (non-hydrogen) atoms. The van der Waals surface area contributed by atoms with E-state index in [0.717, 1.165) is 21.3 Å². The van der Waals surface area contributed by atoms with Crippen LogP contribution >= 0.6 is 39.0 Å². The summed E-state index contributed by atoms with van der Waals surface area (Å²) in [6.45, 7) is 0. The van der Waals surface area contributed by atoms with Crippen LogP contribution in [0.4, 0.5) is 5.69 Å². The molecule has 0 unspecified atom stereocenters. The van der Waals surface area contributed by atoms with Gasteiger partial charge in [0.05, 0.1) is 16.9 Å². The Morgan fingerprint density at radius 2 is 2.00 bits per heavy atom. The van der Waals surface area contributed by atoms with E-state index in [1.807, 2.05) is 60.0 Å². The lowest BCUT2D eigenvalue weighted by atomic mass is 10.1. The van der Waals surface area contributed by atoms with Gasteiger partial charge in [0.2, 0.25) is 5.91 Å². The van der Waals surface area contributed by atoms with Crippen LogP contribution in [0, 0.1) is 0 Å². The van der Waals surface area contributed by atoms with Crippen LogP contribution in [-0.4, -0.2) is 21.6 Å². The second-order valence-electron chi connectivity index (χ2n) is 6.26. The normalized spacial score (nSPS) is 10.9. The number of benzene rings is 2. The number of carbonyl (C=O) groups is 1. The SMILES string of the molecule is O=C(CSCc1nc2scc(-c3ccccc3)c2c(=O)[nH]1)Nc1cccc(Br)c1. The number of carbonyl (C=O) groups excluding carboxylic acids is 1. The minimum absolute atomic E-state index is 0.0981. The van der Waals surface area contributed by atoms with E-state index in [-0.39, 0.29) is 17.2 Å². The Morgan fingerprint density at radius 1 is 1.17 bits per heavy atom. The van der Waals surface area contributed by atoms with Crippen molar-refractivity contribution in [1.29, 1.82) is 0 Å². The number of rotatable bonds is 6. The molecule has 0 saturated carbocycles. The first kappa shape index (κ1) is 19.9. The Kier molecular flexibility index (Phi) is 6.13. The molecule has 8 heteroatoms. The van der Waals surface area contributed by atoms with E-state index >= 15 is 0 Å². The van der Waals surface area contributed by atoms with Gasteiger partial charge < -0.3 is 10.3 Å². The summed E-state index contributed by atoms with van der Waals surface area (Å²) >= 11 is 6.24. The first-order valence-electron chi connectivity index (χ1n) is 8.79. The lowest BCUT2D eigenvalue weighted by molar-refractivity contribution is -0.113. The molecule has 0 spiro atoms. The van der Waals surface area contributed by atoms with E-state index in [4.69, 9.17) is 0 Å². The van der Waals surface area contributed by atoms with Gasteiger partial charge in [-0.15, -0.1) is 23.1 Å². The summed E-state index contributed by atoms with van der Waals surface area (Å²) in [6, 6.07) is 17.2. The van der Waals surface area contributed by atoms with Crippen molar-refractivity contribution in [3.8, 4) is 11.1 Å². The fraction of sp³-hybridized carbons (Fsp3) is 0.0952. The van der Waals surface area contributed by atoms with Crippen LogP contribution in [0.2, 0.25) is 0 Å². The molecule has 4 aromatic rings. The highest BCUT2D eigenvalue weighted by atomic mass is 79.9. The fourth-order valence-electron chi connectivity index (χ4n) is 2.90. The third-order valence-corrected chi connectivity index (χ3v) is 6.47. The van der Waals surface area contributed by atoms with Crippen molar-refractivity contribution in [3.63, 3.8) is 0 Å². The van der Waals surface area contributed by atoms with Crippen LogP contribution in [0.1, 0.15) is 5.82 Å². The van der Waals surface area contributed by atoms with Gasteiger partial charge in [0.15, 0.2) is 0 Å². The van der Waals surface area contributed by atoms with Gasteiger partial charge in [0.1, 0.15) is 10.7 Å². The van der Waals surface area contributed by atoms with Crippen molar-refractivity contribution in [2.24, 2.45) is 0 Å². The van der Waals surface area contributed by atoms with Crippen LogP contribution in [0.25, 0.3) is 21.3 Å². The summed E-state index contributed by atoms with van der Waals surface area (Å²) in [7, 11) is 0. The molecule has 2 heterocycles. The standard InChI is InChI=1S/C21H16BrN3O2S2/c22-14-7-4-8-15(9-14)23-18(26)12-28-11-17-24-20(27)19-16(10-29-21(19)25-17)13-5-2-1-3-6-13/h1-10H,11-12H2,(H,23,26)(H,24,25,27). The predicted molar refractivity (Wildman–Crippen MR) is 125 cm³/mol. The zero-order valence-electron chi connectivity index (χ0n) is 15.1. The Labute approximate surface area is 183 Å². The highest BCUT2D eigenvalue weighted by Crippen LogP contribution is 2.30. The monoisotopic (exact) mass is 485 g/mol. The lowest BCUT2D eigenvalue weighted by Crippen LogP contribution is -2.15. The van der Waals surface area contributed by atoms with Crippen molar-refractivity contribution in [2.45, 2.75) is 5.75 Å². The van der Waals surface area contributed by atoms with E-state index in [9.17, 15) is 9.59 Å². The lowest BCUT2D eigenvalue weighted by Gasteiger charge is -2.06. The minimum Gasteiger partial charge on any atom is -0.325 e. The molecule has 4 rings (SSSR count). The average Bonchev–Trinajstić information content (AvgIpc) is 3.13. The number of nitrogens with one attached hydrogen (secondary N) is 2. The van der Waals surface area contributed by atoms with Crippen LogP contribution in [-0.2, 0) is 10.5 Å². The summed E-state index contributed by atoms with van der Waals surface area (Å²) in [5, 5.41) is 5.43. The van der Waals surface area contributed by atoms with Crippen LogP contribution in [0.15, 0.2) is 69.2 Å². The van der Waals surface area contributed by atoms with Gasteiger partial charge in [-0.1, -0.05) is 52.3 Å². The van der Waals surface area contributed by atoms with E-state index in [0.29, 0.717) is 21.8 Å². The highest BCUT2D eigenvalue weighted by Gasteiger charge is 2.13. The van der Waals surface area contributed by atoms with Crippen molar-refractivity contribution in [2.75, 3.05) is 11.1 Å². The molecule has 0 fully saturated rings. The maximum absolute atomic E-state index is 12.6. The van der Waals surface area contributed by atoms with Crippen LogP contribution in [0.3, 0.4) is 0 Å². The number of hydrogen-bond donors (Lipinski definition) is 2. The van der Waals surface area contributed by atoms with Crippen molar-refractivity contribution < 1.29 is 4.79 Å². The molecule has 5 nitrogen and oxygen atoms in total. The van der Waals surface area contributed by atoms with Crippen LogP contribution in [0.5, 0.6) is 0 Å². The highest BCUT2D eigenvalue weighted by molar-refractivity contribution is 9.10. The molecule has 0 radical (unpaired) electrons. The van der Waals surface area contributed by atoms with E-state index in [1.54, 1.807) is 0 Å². The topological polar surface area (TPSA) is 74.8 Å². The van der Waals surface area contributed by atoms with Gasteiger partial charge >= 0.3 is 0 Å². The number of thiophene rings is 1. The number of nitrogens with zero attached hydrogens (tertiary/aromatic N) is 1. The molecule has 0 aliphatic heterocycles.